The number of allylic oxidation sites excluding steroid dienone is 1. The van der Waals surface area contributed by atoms with Crippen LogP contribution in [0.15, 0.2) is 58.3 Å². The first-order valence-electron chi connectivity index (χ1n) is 11.6. The second-order valence-corrected chi connectivity index (χ2v) is 12.2. The maximum absolute atomic E-state index is 12.6. The minimum atomic E-state index is -3.28. The van der Waals surface area contributed by atoms with Crippen LogP contribution in [0, 0.1) is 0 Å². The molecule has 0 amide bonds. The first kappa shape index (κ1) is 25.7. The number of nitrogens with one attached hydrogen (secondary N) is 1. The van der Waals surface area contributed by atoms with Gasteiger partial charge in [-0.3, -0.25) is 14.3 Å². The number of likely N-dealkylation sites (N-methyl/N-ethyl adjacent to an activating group) is 1. The van der Waals surface area contributed by atoms with Gasteiger partial charge in [0.05, 0.1) is 19.1 Å². The highest BCUT2D eigenvalue weighted by atomic mass is 32.2. The number of H-pyrrole nitrogens is 1. The van der Waals surface area contributed by atoms with E-state index < -0.39 is 21.3 Å². The number of aromatic nitrogens is 2. The summed E-state index contributed by atoms with van der Waals surface area (Å²) in [6.45, 7) is 6.54. The van der Waals surface area contributed by atoms with E-state index in [4.69, 9.17) is 4.74 Å². The number of methoxy groups -OCH3 is 1. The molecule has 0 saturated heterocycles. The molecule has 3 aromatic rings. The van der Waals surface area contributed by atoms with Gasteiger partial charge in [0, 0.05) is 37.0 Å². The Kier molecular flexibility index (Phi) is 6.57. The van der Waals surface area contributed by atoms with Gasteiger partial charge < -0.3 is 4.74 Å². The van der Waals surface area contributed by atoms with E-state index >= 15 is 0 Å². The molecule has 0 spiro atoms. The Hall–Kier alpha value is -3.43. The van der Waals surface area contributed by atoms with Crippen LogP contribution in [0.1, 0.15) is 37.5 Å². The summed E-state index contributed by atoms with van der Waals surface area (Å²) in [6, 6.07) is 11.2. The van der Waals surface area contributed by atoms with Crippen LogP contribution in [0.3, 0.4) is 0 Å². The van der Waals surface area contributed by atoms with Gasteiger partial charge >= 0.3 is 5.69 Å². The lowest BCUT2D eigenvalue weighted by atomic mass is 9.83. The highest BCUT2D eigenvalue weighted by Crippen LogP contribution is 2.42. The smallest absolute Gasteiger partial charge is 0.332 e. The summed E-state index contributed by atoms with van der Waals surface area (Å²) in [6.07, 6.45) is 5.43. The van der Waals surface area contributed by atoms with Crippen molar-refractivity contribution in [1.82, 2.24) is 13.9 Å². The predicted molar refractivity (Wildman–Crippen MR) is 143 cm³/mol. The zero-order chi connectivity index (χ0) is 26.4. The van der Waals surface area contributed by atoms with Gasteiger partial charge in [-0.1, -0.05) is 45.0 Å². The van der Waals surface area contributed by atoms with E-state index in [-0.39, 0.29) is 5.41 Å². The van der Waals surface area contributed by atoms with Crippen molar-refractivity contribution in [2.45, 2.75) is 32.6 Å². The van der Waals surface area contributed by atoms with E-state index in [0.29, 0.717) is 24.4 Å². The molecule has 0 saturated carbocycles. The third-order valence-corrected chi connectivity index (χ3v) is 7.74. The lowest BCUT2D eigenvalue weighted by Crippen LogP contribution is -2.27. The molecule has 0 atom stereocenters. The van der Waals surface area contributed by atoms with Crippen LogP contribution in [-0.2, 0) is 21.9 Å². The van der Waals surface area contributed by atoms with Crippen LogP contribution < -0.4 is 16.0 Å². The topological polar surface area (TPSA) is 101 Å². The monoisotopic (exact) mass is 509 g/mol. The van der Waals surface area contributed by atoms with Crippen molar-refractivity contribution in [1.29, 1.82) is 0 Å². The zero-order valence-corrected chi connectivity index (χ0v) is 22.2. The average Bonchev–Trinajstić information content (AvgIpc) is 3.19. The third-order valence-electron chi connectivity index (χ3n) is 6.48. The van der Waals surface area contributed by atoms with Crippen molar-refractivity contribution in [3.8, 4) is 22.6 Å². The number of ether oxygens (including phenoxy) is 1. The molecule has 1 aromatic heterocycles. The number of hydrogen-bond acceptors (Lipinski definition) is 5. The molecule has 1 heterocycles. The Morgan fingerprint density at radius 1 is 1.08 bits per heavy atom. The van der Waals surface area contributed by atoms with Gasteiger partial charge in [0.1, 0.15) is 5.75 Å². The SMILES string of the molecule is COc1c(-c2ccc3c(c2)CC=C3CN(C)S(C)(=O)=O)cc(-n2ccc(=O)[nH]c2=O)cc1C(C)(C)C. The second-order valence-electron chi connectivity index (χ2n) is 10.1. The molecule has 0 bridgehead atoms. The molecule has 0 aliphatic heterocycles. The van der Waals surface area contributed by atoms with E-state index in [2.05, 4.69) is 37.9 Å². The molecule has 9 heteroatoms. The van der Waals surface area contributed by atoms with E-state index in [9.17, 15) is 18.0 Å². The van der Waals surface area contributed by atoms with Gasteiger partial charge in [0.25, 0.3) is 5.56 Å². The van der Waals surface area contributed by atoms with Crippen molar-refractivity contribution in [2.24, 2.45) is 0 Å². The number of nitrogens with zero attached hydrogens (tertiary/aromatic N) is 2. The number of sulfonamides is 1. The molecular formula is C27H31N3O5S. The number of rotatable bonds is 6. The van der Waals surface area contributed by atoms with Crippen LogP contribution in [0.5, 0.6) is 5.75 Å². The molecule has 0 unspecified atom stereocenters. The van der Waals surface area contributed by atoms with Gasteiger partial charge in [-0.15, -0.1) is 0 Å². The molecule has 1 aliphatic carbocycles. The van der Waals surface area contributed by atoms with Gasteiger partial charge in [0.15, 0.2) is 0 Å². The Morgan fingerprint density at radius 3 is 2.42 bits per heavy atom. The van der Waals surface area contributed by atoms with Crippen LogP contribution in [0.4, 0.5) is 0 Å². The number of hydrogen-bond donors (Lipinski definition) is 1. The van der Waals surface area contributed by atoms with E-state index in [0.717, 1.165) is 33.4 Å². The van der Waals surface area contributed by atoms with Gasteiger partial charge in [0.2, 0.25) is 10.0 Å². The summed E-state index contributed by atoms with van der Waals surface area (Å²) >= 11 is 0. The average molecular weight is 510 g/mol. The largest absolute Gasteiger partial charge is 0.496 e. The molecule has 190 valence electrons. The van der Waals surface area contributed by atoms with Crippen molar-refractivity contribution in [2.75, 3.05) is 27.0 Å². The van der Waals surface area contributed by atoms with Crippen molar-refractivity contribution >= 4 is 15.6 Å². The van der Waals surface area contributed by atoms with Crippen molar-refractivity contribution in [3.05, 3.63) is 86.2 Å². The summed E-state index contributed by atoms with van der Waals surface area (Å²) in [4.78, 5) is 26.5. The fraction of sp³-hybridized carbons (Fsp3) is 0.333. The second kappa shape index (κ2) is 9.22. The normalized spacial score (nSPS) is 13.6. The fourth-order valence-electron chi connectivity index (χ4n) is 4.46. The maximum atomic E-state index is 12.6. The highest BCUT2D eigenvalue weighted by molar-refractivity contribution is 7.88. The summed E-state index contributed by atoms with van der Waals surface area (Å²) in [5.74, 6) is 0.715. The Balaban J connectivity index is 1.85. The molecule has 8 nitrogen and oxygen atoms in total. The quantitative estimate of drug-likeness (QED) is 0.549. The van der Waals surface area contributed by atoms with Crippen LogP contribution in [0.2, 0.25) is 0 Å². The minimum Gasteiger partial charge on any atom is -0.496 e. The summed E-state index contributed by atoms with van der Waals surface area (Å²) in [5, 5.41) is 0. The first-order chi connectivity index (χ1) is 16.8. The van der Waals surface area contributed by atoms with E-state index in [1.54, 1.807) is 14.2 Å². The Morgan fingerprint density at radius 2 is 1.81 bits per heavy atom. The lowest BCUT2D eigenvalue weighted by molar-refractivity contribution is 0.399. The molecule has 1 N–H and O–H groups in total. The van der Waals surface area contributed by atoms with Crippen LogP contribution >= 0.6 is 0 Å². The van der Waals surface area contributed by atoms with E-state index in [1.807, 2.05) is 24.3 Å². The molecular weight excluding hydrogens is 478 g/mol. The van der Waals surface area contributed by atoms with Crippen molar-refractivity contribution < 1.29 is 13.2 Å². The molecule has 2 aromatic carbocycles. The van der Waals surface area contributed by atoms with Crippen molar-refractivity contribution in [3.63, 3.8) is 0 Å². The lowest BCUT2D eigenvalue weighted by Gasteiger charge is -2.26. The summed E-state index contributed by atoms with van der Waals surface area (Å²) in [7, 11) is -0.0752. The van der Waals surface area contributed by atoms with E-state index in [1.165, 1.54) is 27.4 Å². The van der Waals surface area contributed by atoms with Gasteiger partial charge in [-0.05, 0) is 46.2 Å². The zero-order valence-electron chi connectivity index (χ0n) is 21.4. The van der Waals surface area contributed by atoms with Crippen LogP contribution in [-0.4, -0.2) is 49.2 Å². The Labute approximate surface area is 210 Å². The minimum absolute atomic E-state index is 0.288. The molecule has 4 rings (SSSR count). The summed E-state index contributed by atoms with van der Waals surface area (Å²) in [5.41, 5.74) is 5.11. The number of benzene rings is 2. The molecule has 1 aliphatic rings. The number of aromatic amines is 1. The third kappa shape index (κ3) is 4.94. The Bertz CT molecular complexity index is 1590. The van der Waals surface area contributed by atoms with Gasteiger partial charge in [-0.25, -0.2) is 17.5 Å². The molecule has 36 heavy (non-hydrogen) atoms. The number of fused-ring (bicyclic) bond motifs is 1. The first-order valence-corrected chi connectivity index (χ1v) is 13.4. The van der Waals surface area contributed by atoms with Crippen LogP contribution in [0.25, 0.3) is 22.4 Å². The fourth-order valence-corrected chi connectivity index (χ4v) is 4.83. The molecule has 0 radical (unpaired) electrons. The molecule has 0 fully saturated rings. The predicted octanol–water partition coefficient (Wildman–Crippen LogP) is 3.33. The highest BCUT2D eigenvalue weighted by Gasteiger charge is 2.25. The van der Waals surface area contributed by atoms with Gasteiger partial charge in [-0.2, -0.15) is 0 Å². The maximum Gasteiger partial charge on any atom is 0.332 e. The summed E-state index contributed by atoms with van der Waals surface area (Å²) < 4.78 is 32.4. The standard InChI is InChI=1S/C27H31N3O5S/c1-27(2,3)23-15-20(30-12-11-24(31)28-26(30)32)14-22(25(23)35-5)18-9-10-21-17(13-18)7-8-19(21)16-29(4)36(6,33)34/h8-15H,7,16H2,1-6H3,(H,28,31,32).